The highest BCUT2D eigenvalue weighted by Gasteiger charge is 2.54. The Balaban J connectivity index is 2.02. The number of carbonyl (C=O) groups is 4. The van der Waals surface area contributed by atoms with Gasteiger partial charge < -0.3 is 9.84 Å². The van der Waals surface area contributed by atoms with E-state index in [0.717, 1.165) is 4.90 Å². The molecule has 0 unspecified atom stereocenters. The van der Waals surface area contributed by atoms with E-state index in [2.05, 4.69) is 5.32 Å². The summed E-state index contributed by atoms with van der Waals surface area (Å²) in [6.45, 7) is 8.52. The molecule has 0 saturated carbocycles. The molecule has 29 heavy (non-hydrogen) atoms. The number of aliphatic carboxylic acids is 1. The minimum atomic E-state index is -1.31. The second-order valence-electron chi connectivity index (χ2n) is 8.58. The van der Waals surface area contributed by atoms with Gasteiger partial charge in [-0.2, -0.15) is 0 Å². The number of imide groups is 1. The fourth-order valence-corrected chi connectivity index (χ4v) is 5.03. The third-order valence-corrected chi connectivity index (χ3v) is 6.23. The van der Waals surface area contributed by atoms with Crippen molar-refractivity contribution in [3.8, 4) is 0 Å². The van der Waals surface area contributed by atoms with Crippen LogP contribution in [0.4, 0.5) is 0 Å². The van der Waals surface area contributed by atoms with E-state index in [1.54, 1.807) is 46.8 Å². The van der Waals surface area contributed by atoms with Gasteiger partial charge in [-0.25, -0.2) is 4.79 Å². The number of nitrogens with zero attached hydrogens (tertiary/aromatic N) is 1. The number of carboxylic acid groups (broad SMARTS) is 1. The summed E-state index contributed by atoms with van der Waals surface area (Å²) in [6.07, 6.45) is 0. The van der Waals surface area contributed by atoms with Crippen molar-refractivity contribution in [1.82, 2.24) is 10.2 Å². The molecule has 2 amide bonds. The van der Waals surface area contributed by atoms with Crippen LogP contribution >= 0.6 is 11.8 Å². The van der Waals surface area contributed by atoms with Gasteiger partial charge in [0.2, 0.25) is 0 Å². The van der Waals surface area contributed by atoms with Crippen LogP contribution in [0.25, 0.3) is 0 Å². The Morgan fingerprint density at radius 3 is 2.10 bits per heavy atom. The molecule has 1 saturated heterocycles. The van der Waals surface area contributed by atoms with Gasteiger partial charge in [-0.05, 0) is 46.8 Å². The molecule has 156 valence electrons. The molecule has 2 heterocycles. The zero-order chi connectivity index (χ0) is 21.7. The van der Waals surface area contributed by atoms with Crippen molar-refractivity contribution in [2.24, 2.45) is 0 Å². The zero-order valence-electron chi connectivity index (χ0n) is 16.9. The second-order valence-corrected chi connectivity index (χ2v) is 10.4. The van der Waals surface area contributed by atoms with Gasteiger partial charge in [0.25, 0.3) is 11.8 Å². The summed E-state index contributed by atoms with van der Waals surface area (Å²) in [7, 11) is 0. The van der Waals surface area contributed by atoms with Crippen LogP contribution in [-0.4, -0.2) is 61.6 Å². The van der Waals surface area contributed by atoms with Crippen molar-refractivity contribution >= 4 is 35.5 Å². The molecule has 2 N–H and O–H groups in total. The predicted octanol–water partition coefficient (Wildman–Crippen LogP) is 1.89. The molecule has 1 aromatic rings. The monoisotopic (exact) mass is 420 g/mol. The third-order valence-electron chi connectivity index (χ3n) is 4.74. The lowest BCUT2D eigenvalue weighted by Gasteiger charge is -2.32. The summed E-state index contributed by atoms with van der Waals surface area (Å²) in [6, 6.07) is 4.07. The highest BCUT2D eigenvalue weighted by atomic mass is 32.2. The number of hydrogen-bond donors (Lipinski definition) is 2. The van der Waals surface area contributed by atoms with Crippen molar-refractivity contribution in [2.75, 3.05) is 0 Å². The first-order chi connectivity index (χ1) is 13.3. The Bertz CT molecular complexity index is 856. The molecule has 2 aliphatic heterocycles. The molecule has 2 aliphatic rings. The maximum Gasteiger partial charge on any atom is 0.332 e. The van der Waals surface area contributed by atoms with Crippen LogP contribution in [0.15, 0.2) is 24.3 Å². The topological polar surface area (TPSA) is 113 Å². The smallest absolute Gasteiger partial charge is 0.332 e. The van der Waals surface area contributed by atoms with E-state index < -0.39 is 51.6 Å². The third kappa shape index (κ3) is 3.89. The fraction of sp³-hybridized carbons (Fsp3) is 0.500. The summed E-state index contributed by atoms with van der Waals surface area (Å²) in [4.78, 5) is 51.7. The SMILES string of the molecule is CC(C)(C)OC(=O)[C@H]([C@H]1N[C@@H](C(=O)O)C(C)(C)S1)N1C(=O)c2ccccc2C1=O. The van der Waals surface area contributed by atoms with Gasteiger partial charge >= 0.3 is 11.9 Å². The van der Waals surface area contributed by atoms with E-state index in [4.69, 9.17) is 4.74 Å². The van der Waals surface area contributed by atoms with Crippen LogP contribution < -0.4 is 5.32 Å². The average Bonchev–Trinajstić information content (AvgIpc) is 3.03. The van der Waals surface area contributed by atoms with E-state index in [1.807, 2.05) is 0 Å². The van der Waals surface area contributed by atoms with Gasteiger partial charge in [-0.15, -0.1) is 11.8 Å². The molecular formula is C20H24N2O6S. The summed E-state index contributed by atoms with van der Waals surface area (Å²) in [5, 5.41) is 11.6. The lowest BCUT2D eigenvalue weighted by atomic mass is 10.0. The van der Waals surface area contributed by atoms with Crippen molar-refractivity contribution in [2.45, 2.75) is 62.4 Å². The second kappa shape index (κ2) is 7.14. The van der Waals surface area contributed by atoms with Crippen LogP contribution in [0, 0.1) is 0 Å². The van der Waals surface area contributed by atoms with Crippen LogP contribution in [0.3, 0.4) is 0 Å². The Labute approximate surface area is 173 Å². The Morgan fingerprint density at radius 2 is 1.69 bits per heavy atom. The maximum atomic E-state index is 13.1. The standard InChI is InChI=1S/C20H24N2O6S/c1-19(2,3)28-18(27)12(14-21-13(17(25)26)20(4,5)29-14)22-15(23)10-8-6-7-9-11(10)16(22)24/h6-9,12-14,21H,1-5H3,(H,25,26)/t12-,13-,14-/m0/s1. The van der Waals surface area contributed by atoms with Crippen LogP contribution in [-0.2, 0) is 14.3 Å². The molecule has 8 nitrogen and oxygen atoms in total. The largest absolute Gasteiger partial charge is 0.480 e. The Hall–Kier alpha value is -2.39. The molecule has 0 aliphatic carbocycles. The first kappa shape index (κ1) is 21.3. The maximum absolute atomic E-state index is 13.1. The molecule has 3 atom stereocenters. The molecule has 0 spiro atoms. The number of rotatable bonds is 4. The zero-order valence-corrected chi connectivity index (χ0v) is 17.7. The number of fused-ring (bicyclic) bond motifs is 1. The number of benzene rings is 1. The lowest BCUT2D eigenvalue weighted by Crippen LogP contribution is -2.56. The molecule has 9 heteroatoms. The highest BCUT2D eigenvalue weighted by molar-refractivity contribution is 8.01. The highest BCUT2D eigenvalue weighted by Crippen LogP contribution is 2.42. The average molecular weight is 420 g/mol. The number of esters is 1. The van der Waals surface area contributed by atoms with Crippen molar-refractivity contribution < 1.29 is 29.0 Å². The Kier molecular flexibility index (Phi) is 5.25. The number of nitrogens with one attached hydrogen (secondary N) is 1. The normalized spacial score (nSPS) is 24.4. The summed E-state index contributed by atoms with van der Waals surface area (Å²) < 4.78 is 4.73. The van der Waals surface area contributed by atoms with E-state index in [0.29, 0.717) is 0 Å². The first-order valence-electron chi connectivity index (χ1n) is 9.20. The molecule has 0 radical (unpaired) electrons. The van der Waals surface area contributed by atoms with Gasteiger partial charge in [-0.1, -0.05) is 12.1 Å². The predicted molar refractivity (Wildman–Crippen MR) is 107 cm³/mol. The van der Waals surface area contributed by atoms with Gasteiger partial charge in [0, 0.05) is 4.75 Å². The molecule has 1 fully saturated rings. The van der Waals surface area contributed by atoms with E-state index in [9.17, 15) is 24.3 Å². The minimum absolute atomic E-state index is 0.211. The number of thioether (sulfide) groups is 1. The molecule has 3 rings (SSSR count). The number of hydrogen-bond acceptors (Lipinski definition) is 7. The van der Waals surface area contributed by atoms with Gasteiger partial charge in [-0.3, -0.25) is 24.6 Å². The van der Waals surface area contributed by atoms with Crippen molar-refractivity contribution in [3.05, 3.63) is 35.4 Å². The first-order valence-corrected chi connectivity index (χ1v) is 10.1. The number of amides is 2. The minimum Gasteiger partial charge on any atom is -0.480 e. The van der Waals surface area contributed by atoms with Gasteiger partial charge in [0.05, 0.1) is 16.5 Å². The number of ether oxygens (including phenoxy) is 1. The molecular weight excluding hydrogens is 396 g/mol. The van der Waals surface area contributed by atoms with Gasteiger partial charge in [0.1, 0.15) is 11.6 Å². The van der Waals surface area contributed by atoms with Crippen molar-refractivity contribution in [1.29, 1.82) is 0 Å². The fourth-order valence-electron chi connectivity index (χ4n) is 3.51. The van der Waals surface area contributed by atoms with Gasteiger partial charge in [0.15, 0.2) is 6.04 Å². The number of carbonyl (C=O) groups excluding carboxylic acids is 3. The molecule has 0 aromatic heterocycles. The summed E-state index contributed by atoms with van der Waals surface area (Å²) in [5.74, 6) is -3.03. The van der Waals surface area contributed by atoms with E-state index in [1.165, 1.54) is 23.9 Å². The Morgan fingerprint density at radius 1 is 1.17 bits per heavy atom. The molecule has 1 aromatic carbocycles. The molecule has 0 bridgehead atoms. The van der Waals surface area contributed by atoms with E-state index in [-0.39, 0.29) is 11.1 Å². The van der Waals surface area contributed by atoms with Crippen LogP contribution in [0.5, 0.6) is 0 Å². The quantitative estimate of drug-likeness (QED) is 0.561. The van der Waals surface area contributed by atoms with Crippen molar-refractivity contribution in [3.63, 3.8) is 0 Å². The van der Waals surface area contributed by atoms with E-state index >= 15 is 0 Å². The van der Waals surface area contributed by atoms with Crippen LogP contribution in [0.2, 0.25) is 0 Å². The summed E-state index contributed by atoms with van der Waals surface area (Å²) >= 11 is 1.20. The lowest BCUT2D eigenvalue weighted by molar-refractivity contribution is -0.160. The van der Waals surface area contributed by atoms with Crippen LogP contribution in [0.1, 0.15) is 55.3 Å². The summed E-state index contributed by atoms with van der Waals surface area (Å²) in [5.41, 5.74) is -0.426. The number of carboxylic acids is 1.